The van der Waals surface area contributed by atoms with Crippen LogP contribution >= 0.6 is 0 Å². The van der Waals surface area contributed by atoms with E-state index in [2.05, 4.69) is 0 Å². The van der Waals surface area contributed by atoms with Crippen molar-refractivity contribution in [3.05, 3.63) is 29.8 Å². The van der Waals surface area contributed by atoms with Crippen LogP contribution in [0.15, 0.2) is 24.3 Å². The molecule has 0 atom stereocenters. The molecule has 0 radical (unpaired) electrons. The first-order valence-electron chi connectivity index (χ1n) is 5.28. The molecule has 0 aliphatic carbocycles. The molecule has 1 rings (SSSR count). The highest BCUT2D eigenvalue weighted by molar-refractivity contribution is 5.77. The third kappa shape index (κ3) is 4.73. The maximum absolute atomic E-state index is 10.8. The standard InChI is InChI=1S/C13H16O3/c1-10(14)3-4-12-5-7-13(8-6-12)16-9-11(2)15/h5-8H,3-4,9H2,1-2H3. The van der Waals surface area contributed by atoms with Gasteiger partial charge in [0, 0.05) is 6.42 Å². The molecule has 0 heterocycles. The van der Waals surface area contributed by atoms with Crippen molar-refractivity contribution in [3.8, 4) is 5.75 Å². The molecule has 3 nitrogen and oxygen atoms in total. The SMILES string of the molecule is CC(=O)CCc1ccc(OCC(C)=O)cc1. The van der Waals surface area contributed by atoms with Gasteiger partial charge in [-0.05, 0) is 38.0 Å². The minimum atomic E-state index is 0.000608. The van der Waals surface area contributed by atoms with Crippen molar-refractivity contribution in [3.63, 3.8) is 0 Å². The lowest BCUT2D eigenvalue weighted by atomic mass is 10.1. The van der Waals surface area contributed by atoms with E-state index in [0.717, 1.165) is 12.0 Å². The lowest BCUT2D eigenvalue weighted by Crippen LogP contribution is -2.06. The van der Waals surface area contributed by atoms with E-state index in [-0.39, 0.29) is 18.2 Å². The summed E-state index contributed by atoms with van der Waals surface area (Å²) >= 11 is 0. The normalized spacial score (nSPS) is 9.88. The van der Waals surface area contributed by atoms with Gasteiger partial charge in [-0.15, -0.1) is 0 Å². The molecule has 3 heteroatoms. The first-order chi connectivity index (χ1) is 7.58. The number of ether oxygens (including phenoxy) is 1. The average molecular weight is 220 g/mol. The number of carbonyl (C=O) groups is 2. The van der Waals surface area contributed by atoms with E-state index in [4.69, 9.17) is 4.74 Å². The Hall–Kier alpha value is -1.64. The van der Waals surface area contributed by atoms with Gasteiger partial charge in [-0.2, -0.15) is 0 Å². The summed E-state index contributed by atoms with van der Waals surface area (Å²) in [5.41, 5.74) is 1.10. The van der Waals surface area contributed by atoms with Crippen LogP contribution in [0.3, 0.4) is 0 Å². The summed E-state index contributed by atoms with van der Waals surface area (Å²) < 4.78 is 5.23. The zero-order valence-corrected chi connectivity index (χ0v) is 9.66. The lowest BCUT2D eigenvalue weighted by Gasteiger charge is -2.04. The van der Waals surface area contributed by atoms with E-state index in [1.165, 1.54) is 6.92 Å². The highest BCUT2D eigenvalue weighted by Gasteiger charge is 1.99. The summed E-state index contributed by atoms with van der Waals surface area (Å²) in [7, 11) is 0. The van der Waals surface area contributed by atoms with Crippen molar-refractivity contribution in [1.82, 2.24) is 0 Å². The van der Waals surface area contributed by atoms with Gasteiger partial charge in [0.25, 0.3) is 0 Å². The average Bonchev–Trinajstić information content (AvgIpc) is 2.25. The fourth-order valence-corrected chi connectivity index (χ4v) is 1.26. The van der Waals surface area contributed by atoms with Gasteiger partial charge < -0.3 is 9.53 Å². The molecule has 1 aromatic rings. The van der Waals surface area contributed by atoms with Crippen LogP contribution in [-0.2, 0) is 16.0 Å². The van der Waals surface area contributed by atoms with E-state index in [0.29, 0.717) is 12.2 Å². The minimum absolute atomic E-state index is 0.000608. The number of aryl methyl sites for hydroxylation is 1. The number of hydrogen-bond donors (Lipinski definition) is 0. The number of carbonyl (C=O) groups excluding carboxylic acids is 2. The van der Waals surface area contributed by atoms with Crippen LogP contribution in [-0.4, -0.2) is 18.2 Å². The number of rotatable bonds is 6. The molecule has 0 aliphatic heterocycles. The second-order valence-corrected chi connectivity index (χ2v) is 3.84. The van der Waals surface area contributed by atoms with Gasteiger partial charge in [0.05, 0.1) is 0 Å². The zero-order chi connectivity index (χ0) is 12.0. The Bertz CT molecular complexity index is 328. The Morgan fingerprint density at radius 1 is 1.06 bits per heavy atom. The van der Waals surface area contributed by atoms with Gasteiger partial charge in [0.1, 0.15) is 18.1 Å². The van der Waals surface area contributed by atoms with Gasteiger partial charge in [0.15, 0.2) is 5.78 Å². The third-order valence-corrected chi connectivity index (χ3v) is 2.13. The summed E-state index contributed by atoms with van der Waals surface area (Å²) in [6.45, 7) is 3.18. The Labute approximate surface area is 95.4 Å². The Kier molecular flexibility index (Phi) is 4.70. The Morgan fingerprint density at radius 2 is 1.69 bits per heavy atom. The van der Waals surface area contributed by atoms with Gasteiger partial charge in [-0.25, -0.2) is 0 Å². The van der Waals surface area contributed by atoms with E-state index in [1.807, 2.05) is 24.3 Å². The molecule has 0 N–H and O–H groups in total. The molecular formula is C13H16O3. The van der Waals surface area contributed by atoms with Crippen LogP contribution in [0.1, 0.15) is 25.8 Å². The molecule has 0 fully saturated rings. The molecule has 0 aromatic heterocycles. The lowest BCUT2D eigenvalue weighted by molar-refractivity contribution is -0.119. The molecule has 0 saturated carbocycles. The molecule has 16 heavy (non-hydrogen) atoms. The predicted molar refractivity (Wildman–Crippen MR) is 61.6 cm³/mol. The van der Waals surface area contributed by atoms with Crippen molar-refractivity contribution in [2.24, 2.45) is 0 Å². The van der Waals surface area contributed by atoms with E-state index < -0.39 is 0 Å². The van der Waals surface area contributed by atoms with Gasteiger partial charge in [-0.1, -0.05) is 12.1 Å². The van der Waals surface area contributed by atoms with Gasteiger partial charge in [-0.3, -0.25) is 4.79 Å². The second-order valence-electron chi connectivity index (χ2n) is 3.84. The molecule has 0 spiro atoms. The summed E-state index contributed by atoms with van der Waals surface area (Å²) in [4.78, 5) is 21.5. The third-order valence-electron chi connectivity index (χ3n) is 2.13. The first kappa shape index (κ1) is 12.4. The molecule has 86 valence electrons. The number of Topliss-reactive ketones (excluding diaryl/α,β-unsaturated/α-hetero) is 2. The number of hydrogen-bond acceptors (Lipinski definition) is 3. The smallest absolute Gasteiger partial charge is 0.167 e. The summed E-state index contributed by atoms with van der Waals surface area (Å²) in [6.07, 6.45) is 1.32. The molecule has 0 saturated heterocycles. The Morgan fingerprint density at radius 3 is 2.19 bits per heavy atom. The van der Waals surface area contributed by atoms with Crippen molar-refractivity contribution in [2.75, 3.05) is 6.61 Å². The van der Waals surface area contributed by atoms with Crippen molar-refractivity contribution >= 4 is 11.6 Å². The molecule has 0 unspecified atom stereocenters. The molecule has 1 aromatic carbocycles. The maximum Gasteiger partial charge on any atom is 0.167 e. The van der Waals surface area contributed by atoms with Crippen molar-refractivity contribution in [2.45, 2.75) is 26.7 Å². The Balaban J connectivity index is 2.47. The van der Waals surface area contributed by atoms with E-state index >= 15 is 0 Å². The highest BCUT2D eigenvalue weighted by atomic mass is 16.5. The summed E-state index contributed by atoms with van der Waals surface area (Å²) in [6, 6.07) is 7.47. The molecule has 0 amide bonds. The fraction of sp³-hybridized carbons (Fsp3) is 0.385. The summed E-state index contributed by atoms with van der Waals surface area (Å²) in [5.74, 6) is 0.874. The van der Waals surface area contributed by atoms with E-state index in [9.17, 15) is 9.59 Å². The highest BCUT2D eigenvalue weighted by Crippen LogP contribution is 2.13. The van der Waals surface area contributed by atoms with Crippen LogP contribution < -0.4 is 4.74 Å². The van der Waals surface area contributed by atoms with Crippen molar-refractivity contribution in [1.29, 1.82) is 0 Å². The van der Waals surface area contributed by atoms with E-state index in [1.54, 1.807) is 6.92 Å². The van der Waals surface area contributed by atoms with Crippen LogP contribution in [0.4, 0.5) is 0 Å². The fourth-order valence-electron chi connectivity index (χ4n) is 1.26. The molecule has 0 bridgehead atoms. The van der Waals surface area contributed by atoms with Gasteiger partial charge >= 0.3 is 0 Å². The van der Waals surface area contributed by atoms with Crippen molar-refractivity contribution < 1.29 is 14.3 Å². The van der Waals surface area contributed by atoms with Crippen LogP contribution in [0.25, 0.3) is 0 Å². The number of benzene rings is 1. The monoisotopic (exact) mass is 220 g/mol. The molecular weight excluding hydrogens is 204 g/mol. The minimum Gasteiger partial charge on any atom is -0.486 e. The first-order valence-corrected chi connectivity index (χ1v) is 5.28. The van der Waals surface area contributed by atoms with Crippen LogP contribution in [0.5, 0.6) is 5.75 Å². The van der Waals surface area contributed by atoms with Crippen LogP contribution in [0, 0.1) is 0 Å². The van der Waals surface area contributed by atoms with Crippen LogP contribution in [0.2, 0.25) is 0 Å². The quantitative estimate of drug-likeness (QED) is 0.738. The number of ketones is 2. The maximum atomic E-state index is 10.8. The largest absolute Gasteiger partial charge is 0.486 e. The summed E-state index contributed by atoms with van der Waals surface area (Å²) in [5, 5.41) is 0. The van der Waals surface area contributed by atoms with Gasteiger partial charge in [0.2, 0.25) is 0 Å². The predicted octanol–water partition coefficient (Wildman–Crippen LogP) is 2.18. The topological polar surface area (TPSA) is 43.4 Å². The zero-order valence-electron chi connectivity index (χ0n) is 9.66. The molecule has 0 aliphatic rings. The second kappa shape index (κ2) is 6.05.